The molecule has 0 saturated heterocycles. The van der Waals surface area contributed by atoms with Crippen molar-refractivity contribution in [2.24, 2.45) is 0 Å². The fraction of sp³-hybridized carbons (Fsp3) is 0.667. The standard InChI is InChI=1S/C12H24OSi/c1-6-10-11-13-14(8-3,9-4)12(5)7-2/h8-9,12H,3-4,6-7,10-11H2,1-2,5H3. The Bertz CT molecular complexity index is 169. The summed E-state index contributed by atoms with van der Waals surface area (Å²) in [6.45, 7) is 15.3. The largest absolute Gasteiger partial charge is 0.409 e. The Balaban J connectivity index is 4.37. The van der Waals surface area contributed by atoms with Crippen LogP contribution in [0.3, 0.4) is 0 Å². The number of hydrogen-bond acceptors (Lipinski definition) is 1. The molecule has 1 atom stereocenters. The molecule has 0 fully saturated rings. The number of hydrogen-bond donors (Lipinski definition) is 0. The van der Waals surface area contributed by atoms with Gasteiger partial charge >= 0.3 is 0 Å². The Morgan fingerprint density at radius 2 is 1.86 bits per heavy atom. The average molecular weight is 212 g/mol. The molecule has 0 amide bonds. The fourth-order valence-electron chi connectivity index (χ4n) is 1.46. The van der Waals surface area contributed by atoms with E-state index < -0.39 is 8.32 Å². The van der Waals surface area contributed by atoms with Gasteiger partial charge in [-0.05, 0) is 12.0 Å². The third-order valence-electron chi connectivity index (χ3n) is 2.87. The van der Waals surface area contributed by atoms with Gasteiger partial charge in [0.15, 0.2) is 0 Å². The molecule has 0 spiro atoms. The summed E-state index contributed by atoms with van der Waals surface area (Å²) >= 11 is 0. The van der Waals surface area contributed by atoms with Crippen LogP contribution >= 0.6 is 0 Å². The molecule has 0 radical (unpaired) electrons. The molecule has 0 aromatic carbocycles. The van der Waals surface area contributed by atoms with Crippen molar-refractivity contribution in [1.29, 1.82) is 0 Å². The average Bonchev–Trinajstić information content (AvgIpc) is 2.24. The summed E-state index contributed by atoms with van der Waals surface area (Å²) in [5, 5.41) is 0. The first-order valence-corrected chi connectivity index (χ1v) is 7.72. The monoisotopic (exact) mass is 212 g/mol. The minimum absolute atomic E-state index is 0.578. The molecule has 1 nitrogen and oxygen atoms in total. The maximum atomic E-state index is 6.02. The van der Waals surface area contributed by atoms with Crippen LogP contribution < -0.4 is 0 Å². The summed E-state index contributed by atoms with van der Waals surface area (Å²) in [5.74, 6) is 0. The van der Waals surface area contributed by atoms with Crippen molar-refractivity contribution in [3.8, 4) is 0 Å². The molecule has 0 saturated carbocycles. The van der Waals surface area contributed by atoms with Gasteiger partial charge in [-0.3, -0.25) is 0 Å². The molecule has 0 N–H and O–H groups in total. The van der Waals surface area contributed by atoms with E-state index in [1.54, 1.807) is 0 Å². The van der Waals surface area contributed by atoms with Gasteiger partial charge in [-0.15, -0.1) is 13.2 Å². The molecule has 0 heterocycles. The molecule has 0 aromatic rings. The summed E-state index contributed by atoms with van der Waals surface area (Å²) in [5.41, 5.74) is 4.61. The van der Waals surface area contributed by atoms with Crippen molar-refractivity contribution >= 4 is 8.32 Å². The van der Waals surface area contributed by atoms with E-state index in [1.807, 2.05) is 11.4 Å². The maximum Gasteiger partial charge on any atom is 0.243 e. The van der Waals surface area contributed by atoms with Crippen LogP contribution in [0.5, 0.6) is 0 Å². The van der Waals surface area contributed by atoms with Crippen molar-refractivity contribution in [1.82, 2.24) is 0 Å². The second kappa shape index (κ2) is 7.02. The molecule has 14 heavy (non-hydrogen) atoms. The quantitative estimate of drug-likeness (QED) is 0.436. The van der Waals surface area contributed by atoms with E-state index in [-0.39, 0.29) is 0 Å². The summed E-state index contributed by atoms with van der Waals surface area (Å²) in [4.78, 5) is 0. The molecule has 0 bridgehead atoms. The van der Waals surface area contributed by atoms with Gasteiger partial charge in [0.1, 0.15) is 0 Å². The highest BCUT2D eigenvalue weighted by molar-refractivity contribution is 6.84. The van der Waals surface area contributed by atoms with Crippen molar-refractivity contribution in [2.75, 3.05) is 6.61 Å². The topological polar surface area (TPSA) is 9.23 Å². The zero-order valence-corrected chi connectivity index (χ0v) is 10.9. The van der Waals surface area contributed by atoms with Gasteiger partial charge in [0.25, 0.3) is 0 Å². The molecule has 2 heteroatoms. The van der Waals surface area contributed by atoms with E-state index in [0.717, 1.165) is 19.4 Å². The van der Waals surface area contributed by atoms with Crippen LogP contribution in [0.2, 0.25) is 5.54 Å². The smallest absolute Gasteiger partial charge is 0.243 e. The van der Waals surface area contributed by atoms with Crippen molar-refractivity contribution in [3.05, 3.63) is 24.6 Å². The van der Waals surface area contributed by atoms with E-state index >= 15 is 0 Å². The molecule has 0 aliphatic heterocycles. The van der Waals surface area contributed by atoms with Crippen LogP contribution in [0.15, 0.2) is 24.6 Å². The Kier molecular flexibility index (Phi) is 6.84. The lowest BCUT2D eigenvalue weighted by molar-refractivity contribution is 0.298. The van der Waals surface area contributed by atoms with Crippen LogP contribution in [-0.4, -0.2) is 14.9 Å². The Morgan fingerprint density at radius 3 is 2.21 bits per heavy atom. The Hall–Kier alpha value is -0.343. The Labute approximate surface area is 90.0 Å². The van der Waals surface area contributed by atoms with Crippen LogP contribution in [0.4, 0.5) is 0 Å². The molecular formula is C12H24OSi. The normalized spacial score (nSPS) is 13.6. The molecule has 82 valence electrons. The third-order valence-corrected chi connectivity index (χ3v) is 6.80. The molecule has 0 aromatic heterocycles. The van der Waals surface area contributed by atoms with Crippen LogP contribution in [0, 0.1) is 0 Å². The predicted octanol–water partition coefficient (Wildman–Crippen LogP) is 4.00. The number of unbranched alkanes of at least 4 members (excludes halogenated alkanes) is 1. The SMILES string of the molecule is C=C[Si](C=C)(OCCCC)C(C)CC. The molecule has 0 aliphatic rings. The van der Waals surface area contributed by atoms with Gasteiger partial charge in [-0.25, -0.2) is 0 Å². The second-order valence-corrected chi connectivity index (χ2v) is 7.57. The summed E-state index contributed by atoms with van der Waals surface area (Å²) in [7, 11) is -1.86. The predicted molar refractivity (Wildman–Crippen MR) is 66.7 cm³/mol. The molecule has 1 unspecified atom stereocenters. The highest BCUT2D eigenvalue weighted by Crippen LogP contribution is 2.27. The lowest BCUT2D eigenvalue weighted by atomic mass is 10.4. The van der Waals surface area contributed by atoms with E-state index in [9.17, 15) is 0 Å². The first-order chi connectivity index (χ1) is 6.66. The Morgan fingerprint density at radius 1 is 1.29 bits per heavy atom. The van der Waals surface area contributed by atoms with Gasteiger partial charge in [0.05, 0.1) is 0 Å². The van der Waals surface area contributed by atoms with Gasteiger partial charge < -0.3 is 4.43 Å². The summed E-state index contributed by atoms with van der Waals surface area (Å²) in [6, 6.07) is 0. The number of rotatable bonds is 8. The highest BCUT2D eigenvalue weighted by atomic mass is 28.4. The lowest BCUT2D eigenvalue weighted by Crippen LogP contribution is -2.39. The van der Waals surface area contributed by atoms with E-state index in [4.69, 9.17) is 4.43 Å². The molecular weight excluding hydrogens is 188 g/mol. The van der Waals surface area contributed by atoms with Crippen LogP contribution in [-0.2, 0) is 4.43 Å². The molecule has 0 aliphatic carbocycles. The minimum atomic E-state index is -1.86. The van der Waals surface area contributed by atoms with Crippen molar-refractivity contribution in [3.63, 3.8) is 0 Å². The maximum absolute atomic E-state index is 6.02. The second-order valence-electron chi connectivity index (χ2n) is 3.77. The van der Waals surface area contributed by atoms with Gasteiger partial charge in [-0.2, -0.15) is 0 Å². The highest BCUT2D eigenvalue weighted by Gasteiger charge is 2.33. The zero-order chi connectivity index (χ0) is 11.0. The lowest BCUT2D eigenvalue weighted by Gasteiger charge is -2.30. The molecule has 0 rings (SSSR count). The van der Waals surface area contributed by atoms with Gasteiger partial charge in [-0.1, -0.05) is 45.0 Å². The van der Waals surface area contributed by atoms with Crippen molar-refractivity contribution < 1.29 is 4.43 Å². The fourth-order valence-corrected chi connectivity index (χ4v) is 4.09. The zero-order valence-electron chi connectivity index (χ0n) is 9.88. The summed E-state index contributed by atoms with van der Waals surface area (Å²) < 4.78 is 6.02. The van der Waals surface area contributed by atoms with Gasteiger partial charge in [0.2, 0.25) is 8.32 Å². The van der Waals surface area contributed by atoms with E-state index in [1.165, 1.54) is 6.42 Å². The van der Waals surface area contributed by atoms with E-state index in [2.05, 4.69) is 33.9 Å². The van der Waals surface area contributed by atoms with Crippen LogP contribution in [0.25, 0.3) is 0 Å². The van der Waals surface area contributed by atoms with Crippen LogP contribution in [0.1, 0.15) is 40.0 Å². The van der Waals surface area contributed by atoms with Crippen molar-refractivity contribution in [2.45, 2.75) is 45.6 Å². The van der Waals surface area contributed by atoms with E-state index in [0.29, 0.717) is 5.54 Å². The third kappa shape index (κ3) is 3.43. The van der Waals surface area contributed by atoms with Gasteiger partial charge in [0, 0.05) is 6.61 Å². The summed E-state index contributed by atoms with van der Waals surface area (Å²) in [6.07, 6.45) is 3.45. The first kappa shape index (κ1) is 13.7. The first-order valence-electron chi connectivity index (χ1n) is 5.58. The minimum Gasteiger partial charge on any atom is -0.409 e.